The van der Waals surface area contributed by atoms with Crippen molar-refractivity contribution < 1.29 is 23.1 Å². The Morgan fingerprint density at radius 3 is 2.50 bits per heavy atom. The highest BCUT2D eigenvalue weighted by Gasteiger charge is 2.28. The molecule has 0 fully saturated rings. The van der Waals surface area contributed by atoms with Gasteiger partial charge >= 0.3 is 5.97 Å². The summed E-state index contributed by atoms with van der Waals surface area (Å²) in [6, 6.07) is 14.6. The molecule has 0 spiro atoms. The molecule has 160 valence electrons. The van der Waals surface area contributed by atoms with Crippen LogP contribution < -0.4 is 4.74 Å². The van der Waals surface area contributed by atoms with E-state index in [4.69, 9.17) is 9.84 Å². The average Bonchev–Trinajstić information content (AvgIpc) is 3.10. The number of fused-ring (bicyclic) bond motifs is 1. The van der Waals surface area contributed by atoms with Crippen LogP contribution in [0.3, 0.4) is 0 Å². The number of hydrogen-bond donors (Lipinski definition) is 1. The lowest BCUT2D eigenvalue weighted by Gasteiger charge is -2.12. The maximum atomic E-state index is 12.9. The molecule has 0 amide bonds. The minimum atomic E-state index is -3.60. The largest absolute Gasteiger partial charge is 0.494 e. The Morgan fingerprint density at radius 1 is 1.10 bits per heavy atom. The molecule has 1 aromatic heterocycles. The lowest BCUT2D eigenvalue weighted by Crippen LogP contribution is -2.18. The summed E-state index contributed by atoms with van der Waals surface area (Å²) in [5.41, 5.74) is 1.95. The minimum Gasteiger partial charge on any atom is -0.494 e. The number of carboxylic acids is 1. The predicted molar refractivity (Wildman–Crippen MR) is 115 cm³/mol. The minimum absolute atomic E-state index is 0.0181. The molecular weight excluding hydrogens is 404 g/mol. The number of imidazole rings is 1. The van der Waals surface area contributed by atoms with Crippen molar-refractivity contribution in [1.29, 1.82) is 0 Å². The fourth-order valence-corrected chi connectivity index (χ4v) is 4.20. The Bertz CT molecular complexity index is 1120. The Hall–Kier alpha value is -2.87. The Kier molecular flexibility index (Phi) is 6.77. The van der Waals surface area contributed by atoms with Crippen molar-refractivity contribution in [1.82, 2.24) is 9.55 Å². The van der Waals surface area contributed by atoms with Crippen molar-refractivity contribution in [2.24, 2.45) is 0 Å². The molecule has 0 saturated heterocycles. The van der Waals surface area contributed by atoms with Crippen LogP contribution in [0.5, 0.6) is 5.75 Å². The van der Waals surface area contributed by atoms with Crippen molar-refractivity contribution in [2.45, 2.75) is 49.9 Å². The van der Waals surface area contributed by atoms with E-state index in [1.807, 2.05) is 30.3 Å². The quantitative estimate of drug-likeness (QED) is 0.483. The van der Waals surface area contributed by atoms with E-state index in [1.165, 1.54) is 0 Å². The first-order chi connectivity index (χ1) is 14.3. The molecule has 0 radical (unpaired) electrons. The van der Waals surface area contributed by atoms with Crippen LogP contribution in [-0.4, -0.2) is 40.9 Å². The monoisotopic (exact) mass is 430 g/mol. The first-order valence-electron chi connectivity index (χ1n) is 9.97. The number of sulfone groups is 1. The van der Waals surface area contributed by atoms with Gasteiger partial charge < -0.3 is 9.84 Å². The van der Waals surface area contributed by atoms with Crippen LogP contribution in [-0.2, 0) is 14.6 Å². The molecule has 0 aliphatic rings. The Balaban J connectivity index is 1.91. The summed E-state index contributed by atoms with van der Waals surface area (Å²) in [5, 5.41) is 8.10. The molecule has 3 aromatic rings. The maximum absolute atomic E-state index is 12.9. The number of carboxylic acid groups (broad SMARTS) is 1. The topological polar surface area (TPSA) is 98.5 Å². The number of carbonyl (C=O) groups is 1. The smallest absolute Gasteiger partial charge is 0.303 e. The summed E-state index contributed by atoms with van der Waals surface area (Å²) < 4.78 is 33.4. The molecule has 0 saturated carbocycles. The number of ether oxygens (including phenoxy) is 1. The fourth-order valence-electron chi connectivity index (χ4n) is 3.10. The van der Waals surface area contributed by atoms with Gasteiger partial charge in [-0.3, -0.25) is 9.36 Å². The summed E-state index contributed by atoms with van der Waals surface area (Å²) in [7, 11) is -3.60. The zero-order chi connectivity index (χ0) is 21.7. The third-order valence-electron chi connectivity index (χ3n) is 4.79. The highest BCUT2D eigenvalue weighted by molar-refractivity contribution is 7.91. The van der Waals surface area contributed by atoms with Gasteiger partial charge in [0.1, 0.15) is 5.75 Å². The number of unbranched alkanes of at least 4 members (excludes halogenated alkanes) is 2. The van der Waals surface area contributed by atoms with E-state index in [-0.39, 0.29) is 11.6 Å². The molecule has 3 rings (SSSR count). The van der Waals surface area contributed by atoms with Crippen LogP contribution in [0.4, 0.5) is 0 Å². The van der Waals surface area contributed by atoms with Crippen molar-refractivity contribution >= 4 is 26.8 Å². The van der Waals surface area contributed by atoms with Crippen LogP contribution in [0.15, 0.2) is 53.7 Å². The molecule has 30 heavy (non-hydrogen) atoms. The van der Waals surface area contributed by atoms with E-state index >= 15 is 0 Å². The molecule has 0 aliphatic heterocycles. The van der Waals surface area contributed by atoms with Gasteiger partial charge in [0.05, 0.1) is 22.9 Å². The number of nitrogens with zero attached hydrogens (tertiary/aromatic N) is 2. The summed E-state index contributed by atoms with van der Waals surface area (Å²) in [4.78, 5) is 15.0. The van der Waals surface area contributed by atoms with Crippen LogP contribution in [0.2, 0.25) is 0 Å². The van der Waals surface area contributed by atoms with E-state index in [0.29, 0.717) is 35.5 Å². The molecule has 1 N–H and O–H groups in total. The normalized spacial score (nSPS) is 11.8. The lowest BCUT2D eigenvalue weighted by atomic mass is 10.2. The van der Waals surface area contributed by atoms with Crippen molar-refractivity contribution in [2.75, 3.05) is 6.61 Å². The lowest BCUT2D eigenvalue weighted by molar-refractivity contribution is -0.137. The number of para-hydroxylation sites is 1. The van der Waals surface area contributed by atoms with Crippen LogP contribution in [0.25, 0.3) is 16.7 Å². The number of aliphatic carboxylic acids is 1. The molecule has 0 bridgehead atoms. The van der Waals surface area contributed by atoms with E-state index in [1.54, 1.807) is 36.6 Å². The molecule has 8 heteroatoms. The Labute approximate surface area is 176 Å². The molecule has 0 unspecified atom stereocenters. The first-order valence-corrected chi connectivity index (χ1v) is 11.5. The van der Waals surface area contributed by atoms with Gasteiger partial charge in [0.25, 0.3) is 0 Å². The van der Waals surface area contributed by atoms with Crippen molar-refractivity contribution in [3.63, 3.8) is 0 Å². The number of benzene rings is 2. The Morgan fingerprint density at radius 2 is 1.83 bits per heavy atom. The molecule has 1 heterocycles. The van der Waals surface area contributed by atoms with Crippen LogP contribution >= 0.6 is 0 Å². The third kappa shape index (κ3) is 4.81. The molecule has 0 atom stereocenters. The summed E-state index contributed by atoms with van der Waals surface area (Å²) in [6.07, 6.45) is 2.30. The van der Waals surface area contributed by atoms with Gasteiger partial charge in [-0.05, 0) is 57.4 Å². The maximum Gasteiger partial charge on any atom is 0.303 e. The summed E-state index contributed by atoms with van der Waals surface area (Å²) in [5.74, 6) is -0.172. The van der Waals surface area contributed by atoms with E-state index in [0.717, 1.165) is 12.8 Å². The van der Waals surface area contributed by atoms with Crippen molar-refractivity contribution in [3.8, 4) is 11.4 Å². The molecule has 2 aromatic carbocycles. The van der Waals surface area contributed by atoms with Gasteiger partial charge in [-0.15, -0.1) is 0 Å². The zero-order valence-electron chi connectivity index (χ0n) is 17.1. The summed E-state index contributed by atoms with van der Waals surface area (Å²) >= 11 is 0. The van der Waals surface area contributed by atoms with Crippen molar-refractivity contribution in [3.05, 3.63) is 48.5 Å². The zero-order valence-corrected chi connectivity index (χ0v) is 17.9. The molecule has 7 nitrogen and oxygen atoms in total. The van der Waals surface area contributed by atoms with Gasteiger partial charge in [0.15, 0.2) is 0 Å². The average molecular weight is 431 g/mol. The second-order valence-electron chi connectivity index (χ2n) is 7.36. The van der Waals surface area contributed by atoms with Gasteiger partial charge in [-0.25, -0.2) is 13.4 Å². The SMILES string of the molecule is CC(C)S(=O)(=O)c1nc2ccc(OCCCCCC(=O)O)cc2n1-c1ccccc1. The van der Waals surface area contributed by atoms with Crippen LogP contribution in [0, 0.1) is 0 Å². The van der Waals surface area contributed by atoms with E-state index in [2.05, 4.69) is 4.98 Å². The highest BCUT2D eigenvalue weighted by atomic mass is 32.2. The second-order valence-corrected chi connectivity index (χ2v) is 9.76. The highest BCUT2D eigenvalue weighted by Crippen LogP contribution is 2.29. The molecular formula is C22H26N2O5S. The van der Waals surface area contributed by atoms with Crippen LogP contribution in [0.1, 0.15) is 39.5 Å². The van der Waals surface area contributed by atoms with Gasteiger partial charge in [0.2, 0.25) is 15.0 Å². The predicted octanol–water partition coefficient (Wildman–Crippen LogP) is 4.23. The second kappa shape index (κ2) is 9.30. The number of hydrogen-bond acceptors (Lipinski definition) is 5. The van der Waals surface area contributed by atoms with Gasteiger partial charge in [-0.1, -0.05) is 18.2 Å². The van der Waals surface area contributed by atoms with Gasteiger partial charge in [-0.2, -0.15) is 0 Å². The van der Waals surface area contributed by atoms with Gasteiger partial charge in [0, 0.05) is 18.2 Å². The molecule has 0 aliphatic carbocycles. The number of rotatable bonds is 10. The standard InChI is InChI=1S/C22H26N2O5S/c1-16(2)30(27,28)22-23-19-13-12-18(29-14-8-4-7-11-21(25)26)15-20(19)24(22)17-9-5-3-6-10-17/h3,5-6,9-10,12-13,15-16H,4,7-8,11,14H2,1-2H3,(H,25,26). The number of aromatic nitrogens is 2. The van der Waals surface area contributed by atoms with E-state index in [9.17, 15) is 13.2 Å². The third-order valence-corrected chi connectivity index (χ3v) is 6.81. The summed E-state index contributed by atoms with van der Waals surface area (Å²) in [6.45, 7) is 3.74. The van der Waals surface area contributed by atoms with E-state index < -0.39 is 21.1 Å². The first kappa shape index (κ1) is 21.8. The fraction of sp³-hybridized carbons (Fsp3) is 0.364.